The van der Waals surface area contributed by atoms with Crippen molar-refractivity contribution in [3.8, 4) is 11.1 Å². The molecule has 8 heteroatoms. The van der Waals surface area contributed by atoms with Gasteiger partial charge in [-0.15, -0.1) is 0 Å². The van der Waals surface area contributed by atoms with E-state index in [0.29, 0.717) is 19.5 Å². The minimum absolute atomic E-state index is 0.0696. The Morgan fingerprint density at radius 2 is 1.66 bits per heavy atom. The van der Waals surface area contributed by atoms with Crippen molar-refractivity contribution in [2.24, 2.45) is 5.92 Å². The Bertz CT molecular complexity index is 1060. The van der Waals surface area contributed by atoms with Crippen molar-refractivity contribution >= 4 is 18.0 Å². The maximum Gasteiger partial charge on any atom is 0.407 e. The van der Waals surface area contributed by atoms with Crippen LogP contribution in [0.5, 0.6) is 0 Å². The first kappa shape index (κ1) is 24.7. The van der Waals surface area contributed by atoms with Gasteiger partial charge in [-0.1, -0.05) is 68.8 Å². The number of aliphatic carboxylic acids is 1. The fraction of sp³-hybridized carbons (Fsp3) is 0.444. The van der Waals surface area contributed by atoms with Gasteiger partial charge >= 0.3 is 12.1 Å². The molecule has 0 saturated carbocycles. The van der Waals surface area contributed by atoms with Crippen LogP contribution in [0.3, 0.4) is 0 Å². The van der Waals surface area contributed by atoms with Gasteiger partial charge in [-0.25, -0.2) is 4.79 Å². The van der Waals surface area contributed by atoms with Crippen molar-refractivity contribution in [3.63, 3.8) is 0 Å². The zero-order chi connectivity index (χ0) is 25.1. The maximum absolute atomic E-state index is 13.3. The van der Waals surface area contributed by atoms with Gasteiger partial charge in [0.05, 0.1) is 0 Å². The molecule has 0 spiro atoms. The molecule has 2 N–H and O–H groups in total. The molecule has 1 aliphatic heterocycles. The van der Waals surface area contributed by atoms with Crippen LogP contribution < -0.4 is 5.32 Å². The molecule has 1 unspecified atom stereocenters. The van der Waals surface area contributed by atoms with Crippen molar-refractivity contribution in [2.45, 2.75) is 38.3 Å². The van der Waals surface area contributed by atoms with Gasteiger partial charge in [-0.2, -0.15) is 0 Å². The molecule has 1 aliphatic carbocycles. The Morgan fingerprint density at radius 1 is 1.06 bits per heavy atom. The predicted octanol–water partition coefficient (Wildman–Crippen LogP) is 3.17. The quantitative estimate of drug-likeness (QED) is 0.633. The molecule has 2 amide bonds. The van der Waals surface area contributed by atoms with E-state index < -0.39 is 24.1 Å². The summed E-state index contributed by atoms with van der Waals surface area (Å²) in [6.07, 6.45) is 0.0327. The van der Waals surface area contributed by atoms with Crippen LogP contribution in [-0.4, -0.2) is 78.2 Å². The van der Waals surface area contributed by atoms with Gasteiger partial charge in [0.25, 0.3) is 0 Å². The summed E-state index contributed by atoms with van der Waals surface area (Å²) < 4.78 is 5.66. The van der Waals surface area contributed by atoms with Crippen LogP contribution in [-0.2, 0) is 14.3 Å². The third-order valence-electron chi connectivity index (χ3n) is 7.34. The number of carboxylic acid groups (broad SMARTS) is 1. The van der Waals surface area contributed by atoms with Crippen molar-refractivity contribution in [1.82, 2.24) is 15.1 Å². The van der Waals surface area contributed by atoms with Gasteiger partial charge in [0.15, 0.2) is 0 Å². The Morgan fingerprint density at radius 3 is 2.23 bits per heavy atom. The van der Waals surface area contributed by atoms with Crippen molar-refractivity contribution < 1.29 is 24.2 Å². The van der Waals surface area contributed by atoms with Gasteiger partial charge in [0.2, 0.25) is 5.91 Å². The van der Waals surface area contributed by atoms with E-state index in [1.807, 2.05) is 38.1 Å². The standard InChI is InChI=1S/C27H33N3O5/c1-4-17(2)24(25(31)30-14-13-29(3)23(15-30)26(32)33)28-27(34)35-16-22-20-11-7-5-9-18(20)19-10-6-8-12-21(19)22/h5-12,17,22-24H,4,13-16H2,1-3H3,(H,28,34)(H,32,33)/t17-,23?,24-/m0/s1. The first-order valence-electron chi connectivity index (χ1n) is 12.1. The lowest BCUT2D eigenvalue weighted by atomic mass is 9.97. The molecule has 1 saturated heterocycles. The maximum atomic E-state index is 13.3. The number of nitrogens with zero attached hydrogens (tertiary/aromatic N) is 2. The Hall–Kier alpha value is -3.39. The number of hydrogen-bond acceptors (Lipinski definition) is 5. The van der Waals surface area contributed by atoms with Gasteiger partial charge in [0, 0.05) is 25.6 Å². The number of benzene rings is 2. The molecule has 2 aromatic carbocycles. The summed E-state index contributed by atoms with van der Waals surface area (Å²) in [7, 11) is 1.74. The zero-order valence-electron chi connectivity index (χ0n) is 20.4. The summed E-state index contributed by atoms with van der Waals surface area (Å²) in [5.41, 5.74) is 4.53. The molecule has 35 heavy (non-hydrogen) atoms. The lowest BCUT2D eigenvalue weighted by Crippen LogP contribution is -2.60. The lowest BCUT2D eigenvalue weighted by molar-refractivity contribution is -0.148. The fourth-order valence-electron chi connectivity index (χ4n) is 4.99. The smallest absolute Gasteiger partial charge is 0.407 e. The average Bonchev–Trinajstić information content (AvgIpc) is 3.19. The second-order valence-electron chi connectivity index (χ2n) is 9.45. The van der Waals surface area contributed by atoms with Crippen LogP contribution in [0.4, 0.5) is 4.79 Å². The summed E-state index contributed by atoms with van der Waals surface area (Å²) >= 11 is 0. The Labute approximate surface area is 205 Å². The number of ether oxygens (including phenoxy) is 1. The largest absolute Gasteiger partial charge is 0.480 e. The van der Waals surface area contributed by atoms with Crippen molar-refractivity contribution in [1.29, 1.82) is 0 Å². The molecule has 3 atom stereocenters. The first-order valence-corrected chi connectivity index (χ1v) is 12.1. The number of piperazine rings is 1. The van der Waals surface area contributed by atoms with Crippen molar-refractivity contribution in [3.05, 3.63) is 59.7 Å². The topological polar surface area (TPSA) is 99.2 Å². The summed E-state index contributed by atoms with van der Waals surface area (Å²) in [5, 5.41) is 12.3. The second kappa shape index (κ2) is 10.5. The molecular formula is C27H33N3O5. The number of carbonyl (C=O) groups excluding carboxylic acids is 2. The number of hydrogen-bond donors (Lipinski definition) is 2. The molecule has 4 rings (SSSR count). The molecule has 1 heterocycles. The van der Waals surface area contributed by atoms with E-state index in [1.165, 1.54) is 0 Å². The minimum Gasteiger partial charge on any atom is -0.480 e. The van der Waals surface area contributed by atoms with E-state index in [0.717, 1.165) is 22.3 Å². The number of amides is 2. The molecular weight excluding hydrogens is 446 g/mol. The van der Waals surface area contributed by atoms with Crippen LogP contribution >= 0.6 is 0 Å². The average molecular weight is 480 g/mol. The number of carboxylic acids is 1. The number of likely N-dealkylation sites (N-methyl/N-ethyl adjacent to an activating group) is 1. The molecule has 0 bridgehead atoms. The van der Waals surface area contributed by atoms with Gasteiger partial charge in [0.1, 0.15) is 18.7 Å². The number of fused-ring (bicyclic) bond motifs is 3. The van der Waals surface area contributed by atoms with E-state index >= 15 is 0 Å². The summed E-state index contributed by atoms with van der Waals surface area (Å²) in [6, 6.07) is 14.7. The number of carbonyl (C=O) groups is 3. The fourth-order valence-corrected chi connectivity index (χ4v) is 4.99. The first-order chi connectivity index (χ1) is 16.8. The summed E-state index contributed by atoms with van der Waals surface area (Å²) in [5.74, 6) is -1.44. The van der Waals surface area contributed by atoms with Gasteiger partial charge in [-0.05, 0) is 35.2 Å². The highest BCUT2D eigenvalue weighted by atomic mass is 16.5. The number of rotatable bonds is 7. The summed E-state index contributed by atoms with van der Waals surface area (Å²) in [4.78, 5) is 41.1. The lowest BCUT2D eigenvalue weighted by Gasteiger charge is -2.39. The normalized spacial score (nSPS) is 19.4. The number of alkyl carbamates (subject to hydrolysis) is 1. The van der Waals surface area contributed by atoms with E-state index in [9.17, 15) is 19.5 Å². The van der Waals surface area contributed by atoms with Crippen LogP contribution in [0.25, 0.3) is 11.1 Å². The van der Waals surface area contributed by atoms with Gasteiger partial charge in [-0.3, -0.25) is 14.5 Å². The SMILES string of the molecule is CC[C@H](C)[C@H](NC(=O)OCC1c2ccccc2-c2ccccc21)C(=O)N1CCN(C)C(C(=O)O)C1. The van der Waals surface area contributed by atoms with Crippen LogP contribution in [0.2, 0.25) is 0 Å². The highest BCUT2D eigenvalue weighted by Gasteiger charge is 2.37. The molecule has 0 aromatic heterocycles. The third-order valence-corrected chi connectivity index (χ3v) is 7.34. The molecule has 1 fully saturated rings. The highest BCUT2D eigenvalue weighted by molar-refractivity contribution is 5.87. The Kier molecular flexibility index (Phi) is 7.40. The van der Waals surface area contributed by atoms with E-state index in [2.05, 4.69) is 29.6 Å². The van der Waals surface area contributed by atoms with Crippen LogP contribution in [0.15, 0.2) is 48.5 Å². The van der Waals surface area contributed by atoms with E-state index in [1.54, 1.807) is 16.8 Å². The molecule has 0 radical (unpaired) electrons. The van der Waals surface area contributed by atoms with Crippen LogP contribution in [0.1, 0.15) is 37.3 Å². The van der Waals surface area contributed by atoms with Gasteiger partial charge < -0.3 is 20.1 Å². The summed E-state index contributed by atoms with van der Waals surface area (Å²) in [6.45, 7) is 4.98. The van der Waals surface area contributed by atoms with E-state index in [-0.39, 0.29) is 30.9 Å². The third kappa shape index (κ3) is 5.03. The van der Waals surface area contributed by atoms with Crippen LogP contribution in [0, 0.1) is 5.92 Å². The molecule has 2 aromatic rings. The van der Waals surface area contributed by atoms with Crippen molar-refractivity contribution in [2.75, 3.05) is 33.3 Å². The second-order valence-corrected chi connectivity index (χ2v) is 9.45. The Balaban J connectivity index is 1.43. The highest BCUT2D eigenvalue weighted by Crippen LogP contribution is 2.44. The monoisotopic (exact) mass is 479 g/mol. The molecule has 8 nitrogen and oxygen atoms in total. The van der Waals surface area contributed by atoms with E-state index in [4.69, 9.17) is 4.74 Å². The molecule has 2 aliphatic rings. The predicted molar refractivity (Wildman–Crippen MR) is 132 cm³/mol. The number of nitrogens with one attached hydrogen (secondary N) is 1. The minimum atomic E-state index is -0.963. The molecule has 186 valence electrons. The zero-order valence-corrected chi connectivity index (χ0v) is 20.4.